The fourth-order valence-electron chi connectivity index (χ4n) is 9.16. The van der Waals surface area contributed by atoms with Crippen LogP contribution in [0.15, 0.2) is 11.6 Å². The maximum Gasteiger partial charge on any atom is 0.407 e. The minimum absolute atomic E-state index is 0.0697. The summed E-state index contributed by atoms with van der Waals surface area (Å²) in [6.45, 7) is 12.4. The number of nitrogens with one attached hydrogen (secondary N) is 1. The highest BCUT2D eigenvalue weighted by Crippen LogP contribution is 2.67. The van der Waals surface area contributed by atoms with Gasteiger partial charge in [-0.1, -0.05) is 65.5 Å². The van der Waals surface area contributed by atoms with E-state index >= 15 is 0 Å². The second-order valence-electron chi connectivity index (χ2n) is 13.2. The summed E-state index contributed by atoms with van der Waals surface area (Å²) in [5.74, 6) is 5.15. The van der Waals surface area contributed by atoms with E-state index in [-0.39, 0.29) is 25.3 Å². The summed E-state index contributed by atoms with van der Waals surface area (Å²) >= 11 is 0. The van der Waals surface area contributed by atoms with Gasteiger partial charge in [-0.3, -0.25) is 0 Å². The SMILES string of the molecule is CC(C)CCC[C@@H](C)[C@H]1CCC2C3CC=C4CC(NC(=O)OCCO)CC[C@]4(C)C3CC[C@@]21C. The van der Waals surface area contributed by atoms with Crippen molar-refractivity contribution in [1.29, 1.82) is 0 Å². The minimum Gasteiger partial charge on any atom is -0.447 e. The van der Waals surface area contributed by atoms with E-state index < -0.39 is 0 Å². The Hall–Kier alpha value is -1.03. The molecule has 0 aliphatic heterocycles. The van der Waals surface area contributed by atoms with Gasteiger partial charge in [-0.25, -0.2) is 4.79 Å². The predicted octanol–water partition coefficient (Wildman–Crippen LogP) is 7.11. The van der Waals surface area contributed by atoms with Gasteiger partial charge in [-0.15, -0.1) is 0 Å². The Morgan fingerprint density at radius 2 is 1.91 bits per heavy atom. The molecule has 1 amide bonds. The second kappa shape index (κ2) is 10.5. The molecule has 0 aromatic heterocycles. The van der Waals surface area contributed by atoms with Crippen LogP contribution in [-0.2, 0) is 4.74 Å². The summed E-state index contributed by atoms with van der Waals surface area (Å²) in [6.07, 6.45) is 16.5. The number of aliphatic hydroxyl groups is 1. The second-order valence-corrected chi connectivity index (χ2v) is 13.2. The largest absolute Gasteiger partial charge is 0.447 e. The van der Waals surface area contributed by atoms with E-state index in [0.717, 1.165) is 48.3 Å². The monoisotopic (exact) mass is 473 g/mol. The van der Waals surface area contributed by atoms with Crippen molar-refractivity contribution >= 4 is 6.09 Å². The molecule has 0 saturated heterocycles. The van der Waals surface area contributed by atoms with E-state index in [4.69, 9.17) is 9.84 Å². The molecule has 0 bridgehead atoms. The zero-order valence-electron chi connectivity index (χ0n) is 22.6. The Bertz CT molecular complexity index is 747. The van der Waals surface area contributed by atoms with Gasteiger partial charge in [-0.2, -0.15) is 0 Å². The minimum atomic E-state index is -0.384. The van der Waals surface area contributed by atoms with Crippen molar-refractivity contribution in [3.05, 3.63) is 11.6 Å². The van der Waals surface area contributed by atoms with Crippen LogP contribution in [-0.4, -0.2) is 30.5 Å². The van der Waals surface area contributed by atoms with Gasteiger partial charge in [0.25, 0.3) is 0 Å². The third kappa shape index (κ3) is 4.95. The number of amides is 1. The van der Waals surface area contributed by atoms with Gasteiger partial charge >= 0.3 is 6.09 Å². The molecule has 194 valence electrons. The van der Waals surface area contributed by atoms with E-state index in [1.165, 1.54) is 57.8 Å². The van der Waals surface area contributed by atoms with E-state index in [1.807, 2.05) is 0 Å². The molecule has 3 fully saturated rings. The molecule has 0 radical (unpaired) electrons. The van der Waals surface area contributed by atoms with Crippen LogP contribution in [0.25, 0.3) is 0 Å². The van der Waals surface area contributed by atoms with E-state index in [0.29, 0.717) is 10.8 Å². The molecular weight excluding hydrogens is 422 g/mol. The summed E-state index contributed by atoms with van der Waals surface area (Å²) in [7, 11) is 0. The van der Waals surface area contributed by atoms with Crippen LogP contribution in [0.5, 0.6) is 0 Å². The van der Waals surface area contributed by atoms with Crippen LogP contribution in [0, 0.1) is 46.3 Å². The smallest absolute Gasteiger partial charge is 0.407 e. The van der Waals surface area contributed by atoms with Gasteiger partial charge in [0, 0.05) is 6.04 Å². The Balaban J connectivity index is 1.41. The molecule has 0 aromatic rings. The van der Waals surface area contributed by atoms with Gasteiger partial charge in [-0.05, 0) is 97.7 Å². The molecule has 0 spiro atoms. The van der Waals surface area contributed by atoms with Gasteiger partial charge in [0.15, 0.2) is 0 Å². The quantitative estimate of drug-likeness (QED) is 0.369. The van der Waals surface area contributed by atoms with E-state index in [2.05, 4.69) is 46.0 Å². The molecule has 4 unspecified atom stereocenters. The Kier molecular flexibility index (Phi) is 8.06. The maximum absolute atomic E-state index is 12.0. The lowest BCUT2D eigenvalue weighted by Gasteiger charge is -2.58. The molecular formula is C30H51NO3. The van der Waals surface area contributed by atoms with Gasteiger partial charge in [0.1, 0.15) is 6.61 Å². The number of alkyl carbamates (subject to hydrolysis) is 1. The number of rotatable bonds is 8. The lowest BCUT2D eigenvalue weighted by molar-refractivity contribution is -0.0514. The number of hydrogen-bond acceptors (Lipinski definition) is 3. The van der Waals surface area contributed by atoms with Gasteiger partial charge in [0.05, 0.1) is 6.61 Å². The highest BCUT2D eigenvalue weighted by Gasteiger charge is 2.59. The molecule has 4 rings (SSSR count). The first kappa shape index (κ1) is 26.0. The molecule has 4 nitrogen and oxygen atoms in total. The van der Waals surface area contributed by atoms with Crippen molar-refractivity contribution in [2.75, 3.05) is 13.2 Å². The van der Waals surface area contributed by atoms with Crippen LogP contribution in [0.4, 0.5) is 4.79 Å². The average molecular weight is 474 g/mol. The van der Waals surface area contributed by atoms with Gasteiger partial charge < -0.3 is 15.2 Å². The Labute approximate surface area is 208 Å². The molecule has 0 aromatic carbocycles. The van der Waals surface area contributed by atoms with Crippen molar-refractivity contribution in [3.8, 4) is 0 Å². The van der Waals surface area contributed by atoms with Crippen molar-refractivity contribution in [1.82, 2.24) is 5.32 Å². The standard InChI is InChI=1S/C30H51NO3/c1-20(2)7-6-8-21(3)25-11-12-26-24-10-9-22-19-23(31-28(33)34-18-17-32)13-15-29(22,4)27(24)14-16-30(25,26)5/h9,20-21,23-27,32H,6-8,10-19H2,1-5H3,(H,31,33)/t21-,23?,24?,25-,26?,27?,29+,30-/m1/s1. The molecule has 34 heavy (non-hydrogen) atoms. The predicted molar refractivity (Wildman–Crippen MR) is 138 cm³/mol. The number of fused-ring (bicyclic) bond motifs is 5. The van der Waals surface area contributed by atoms with Crippen LogP contribution in [0.3, 0.4) is 0 Å². The molecule has 4 aliphatic rings. The summed E-state index contributed by atoms with van der Waals surface area (Å²) in [4.78, 5) is 12.0. The average Bonchev–Trinajstić information content (AvgIpc) is 3.15. The van der Waals surface area contributed by atoms with Crippen LogP contribution >= 0.6 is 0 Å². The van der Waals surface area contributed by atoms with Crippen LogP contribution < -0.4 is 5.32 Å². The van der Waals surface area contributed by atoms with Crippen molar-refractivity contribution < 1.29 is 14.6 Å². The summed E-state index contributed by atoms with van der Waals surface area (Å²) < 4.78 is 5.05. The fraction of sp³-hybridized carbons (Fsp3) is 0.900. The molecule has 2 N–H and O–H groups in total. The van der Waals surface area contributed by atoms with Crippen molar-refractivity contribution in [3.63, 3.8) is 0 Å². The number of allylic oxidation sites excluding steroid dienone is 1. The molecule has 3 saturated carbocycles. The lowest BCUT2D eigenvalue weighted by Crippen LogP contribution is -2.52. The lowest BCUT2D eigenvalue weighted by atomic mass is 9.47. The molecule has 0 heterocycles. The molecule has 8 atom stereocenters. The Morgan fingerprint density at radius 1 is 1.12 bits per heavy atom. The zero-order valence-corrected chi connectivity index (χ0v) is 22.6. The normalized spacial score (nSPS) is 40.1. The van der Waals surface area contributed by atoms with Crippen LogP contribution in [0.1, 0.15) is 105 Å². The maximum atomic E-state index is 12.0. The summed E-state index contributed by atoms with van der Waals surface area (Å²) in [6, 6.07) is 0.165. The third-order valence-corrected chi connectivity index (χ3v) is 11.0. The number of carbonyl (C=O) groups excluding carboxylic acids is 1. The number of ether oxygens (including phenoxy) is 1. The first-order valence-corrected chi connectivity index (χ1v) is 14.4. The van der Waals surface area contributed by atoms with E-state index in [9.17, 15) is 4.79 Å². The zero-order chi connectivity index (χ0) is 24.5. The number of hydrogen-bond donors (Lipinski definition) is 2. The fourth-order valence-corrected chi connectivity index (χ4v) is 9.16. The molecule has 4 heteroatoms. The summed E-state index contributed by atoms with van der Waals surface area (Å²) in [5, 5.41) is 11.9. The number of carbonyl (C=O) groups is 1. The van der Waals surface area contributed by atoms with Crippen molar-refractivity contribution in [2.45, 2.75) is 111 Å². The van der Waals surface area contributed by atoms with Gasteiger partial charge in [0.2, 0.25) is 0 Å². The van der Waals surface area contributed by atoms with Crippen molar-refractivity contribution in [2.24, 2.45) is 46.3 Å². The topological polar surface area (TPSA) is 58.6 Å². The third-order valence-electron chi connectivity index (χ3n) is 11.0. The summed E-state index contributed by atoms with van der Waals surface area (Å²) in [5.41, 5.74) is 2.43. The number of aliphatic hydroxyl groups excluding tert-OH is 1. The van der Waals surface area contributed by atoms with Crippen LogP contribution in [0.2, 0.25) is 0 Å². The van der Waals surface area contributed by atoms with E-state index in [1.54, 1.807) is 5.57 Å². The Morgan fingerprint density at radius 3 is 2.65 bits per heavy atom. The highest BCUT2D eigenvalue weighted by molar-refractivity contribution is 5.67. The first-order chi connectivity index (χ1) is 16.2. The first-order valence-electron chi connectivity index (χ1n) is 14.4. The highest BCUT2D eigenvalue weighted by atomic mass is 16.6. The molecule has 4 aliphatic carbocycles.